The highest BCUT2D eigenvalue weighted by Crippen LogP contribution is 2.38. The first kappa shape index (κ1) is 16.0. The van der Waals surface area contributed by atoms with Gasteiger partial charge in [0, 0.05) is 12.3 Å². The van der Waals surface area contributed by atoms with E-state index in [1.54, 1.807) is 7.05 Å². The first-order valence-corrected chi connectivity index (χ1v) is 7.18. The quantitative estimate of drug-likeness (QED) is 0.917. The van der Waals surface area contributed by atoms with E-state index in [1.807, 2.05) is 6.92 Å². The van der Waals surface area contributed by atoms with Gasteiger partial charge in [0.1, 0.15) is 5.78 Å². The second-order valence-electron chi connectivity index (χ2n) is 5.79. The van der Waals surface area contributed by atoms with Crippen molar-refractivity contribution in [2.45, 2.75) is 44.3 Å². The first-order valence-electron chi connectivity index (χ1n) is 7.18. The molecule has 1 aliphatic carbocycles. The third-order valence-corrected chi connectivity index (χ3v) is 4.58. The molecule has 0 radical (unpaired) electrons. The van der Waals surface area contributed by atoms with Gasteiger partial charge in [-0.3, -0.25) is 4.79 Å². The maximum absolute atomic E-state index is 12.6. The van der Waals surface area contributed by atoms with Crippen molar-refractivity contribution < 1.29 is 18.0 Å². The van der Waals surface area contributed by atoms with E-state index in [1.165, 1.54) is 12.1 Å². The molecular formula is C16H20F3NO. The Morgan fingerprint density at radius 1 is 1.10 bits per heavy atom. The lowest BCUT2D eigenvalue weighted by atomic mass is 9.71. The molecule has 116 valence electrons. The molecular weight excluding hydrogens is 279 g/mol. The zero-order valence-electron chi connectivity index (χ0n) is 12.3. The van der Waals surface area contributed by atoms with Crippen molar-refractivity contribution >= 4 is 5.78 Å². The molecule has 0 bridgehead atoms. The Morgan fingerprint density at radius 3 is 2.14 bits per heavy atom. The third-order valence-electron chi connectivity index (χ3n) is 4.58. The molecule has 2 rings (SSSR count). The summed E-state index contributed by atoms with van der Waals surface area (Å²) in [5.74, 6) is 0.00554. The fraction of sp³-hybridized carbons (Fsp3) is 0.562. The SMILES string of the molecule is CNC(C)(c1ccc(C(F)(F)F)cc1)C1CCCCC1=O. The maximum Gasteiger partial charge on any atom is 0.416 e. The van der Waals surface area contributed by atoms with Crippen molar-refractivity contribution in [1.82, 2.24) is 5.32 Å². The zero-order valence-corrected chi connectivity index (χ0v) is 12.3. The van der Waals surface area contributed by atoms with Crippen molar-refractivity contribution in [1.29, 1.82) is 0 Å². The number of ketones is 1. The fourth-order valence-electron chi connectivity index (χ4n) is 3.12. The van der Waals surface area contributed by atoms with Gasteiger partial charge in [-0.25, -0.2) is 0 Å². The standard InChI is InChI=1S/C16H20F3NO/c1-15(20-2,13-5-3-4-6-14(13)21)11-7-9-12(10-8-11)16(17,18)19/h7-10,13,20H,3-6H2,1-2H3. The van der Waals surface area contributed by atoms with Crippen LogP contribution in [0.2, 0.25) is 0 Å². The lowest BCUT2D eigenvalue weighted by Gasteiger charge is -2.39. The van der Waals surface area contributed by atoms with Crippen molar-refractivity contribution in [3.63, 3.8) is 0 Å². The number of alkyl halides is 3. The van der Waals surface area contributed by atoms with E-state index in [4.69, 9.17) is 0 Å². The van der Waals surface area contributed by atoms with E-state index in [2.05, 4.69) is 5.32 Å². The molecule has 21 heavy (non-hydrogen) atoms. The van der Waals surface area contributed by atoms with Crippen LogP contribution >= 0.6 is 0 Å². The number of Topliss-reactive ketones (excluding diaryl/α,β-unsaturated/α-hetero) is 1. The van der Waals surface area contributed by atoms with Gasteiger partial charge in [-0.2, -0.15) is 13.2 Å². The average molecular weight is 299 g/mol. The number of carbonyl (C=O) groups excluding carboxylic acids is 1. The second kappa shape index (κ2) is 5.79. The van der Waals surface area contributed by atoms with Crippen LogP contribution in [0.1, 0.15) is 43.7 Å². The number of rotatable bonds is 3. The molecule has 1 aliphatic rings. The third kappa shape index (κ3) is 3.12. The molecule has 2 atom stereocenters. The molecule has 1 aromatic rings. The number of nitrogens with one attached hydrogen (secondary N) is 1. The largest absolute Gasteiger partial charge is 0.416 e. The van der Waals surface area contributed by atoms with E-state index in [9.17, 15) is 18.0 Å². The fourth-order valence-corrected chi connectivity index (χ4v) is 3.12. The predicted octanol–water partition coefficient (Wildman–Crippen LogP) is 3.90. The van der Waals surface area contributed by atoms with E-state index in [0.717, 1.165) is 37.0 Å². The minimum atomic E-state index is -4.34. The smallest absolute Gasteiger partial charge is 0.310 e. The lowest BCUT2D eigenvalue weighted by Crippen LogP contribution is -2.48. The molecule has 0 aromatic heterocycles. The number of halogens is 3. The van der Waals surface area contributed by atoms with Gasteiger partial charge in [-0.05, 0) is 44.5 Å². The van der Waals surface area contributed by atoms with Crippen molar-refractivity contribution in [3.05, 3.63) is 35.4 Å². The van der Waals surface area contributed by atoms with Crippen LogP contribution in [0, 0.1) is 5.92 Å². The molecule has 0 saturated heterocycles. The lowest BCUT2D eigenvalue weighted by molar-refractivity contribution is -0.137. The summed E-state index contributed by atoms with van der Waals surface area (Å²) >= 11 is 0. The van der Waals surface area contributed by atoms with Crippen LogP contribution in [0.15, 0.2) is 24.3 Å². The first-order chi connectivity index (χ1) is 9.79. The zero-order chi connectivity index (χ0) is 15.7. The van der Waals surface area contributed by atoms with Gasteiger partial charge in [0.25, 0.3) is 0 Å². The van der Waals surface area contributed by atoms with Crippen LogP contribution in [-0.2, 0) is 16.5 Å². The summed E-state index contributed by atoms with van der Waals surface area (Å²) in [6, 6.07) is 5.11. The van der Waals surface area contributed by atoms with E-state index >= 15 is 0 Å². The molecule has 1 saturated carbocycles. The summed E-state index contributed by atoms with van der Waals surface area (Å²) < 4.78 is 37.9. The summed E-state index contributed by atoms with van der Waals surface area (Å²) in [5.41, 5.74) is -0.570. The summed E-state index contributed by atoms with van der Waals surface area (Å²) in [7, 11) is 1.75. The Balaban J connectivity index is 2.33. The molecule has 1 fully saturated rings. The molecule has 5 heteroatoms. The normalized spacial score (nSPS) is 22.9. The van der Waals surface area contributed by atoms with Gasteiger partial charge < -0.3 is 5.32 Å². The van der Waals surface area contributed by atoms with Crippen LogP contribution in [0.3, 0.4) is 0 Å². The average Bonchev–Trinajstić information content (AvgIpc) is 2.46. The van der Waals surface area contributed by atoms with Crippen LogP contribution in [0.25, 0.3) is 0 Å². The molecule has 2 unspecified atom stereocenters. The summed E-state index contributed by atoms with van der Waals surface area (Å²) in [6.07, 6.45) is -1.12. The summed E-state index contributed by atoms with van der Waals surface area (Å²) in [6.45, 7) is 1.89. The van der Waals surface area contributed by atoms with E-state index < -0.39 is 17.3 Å². The molecule has 0 amide bonds. The van der Waals surface area contributed by atoms with Crippen LogP contribution in [-0.4, -0.2) is 12.8 Å². The van der Waals surface area contributed by atoms with Gasteiger partial charge in [-0.1, -0.05) is 18.6 Å². The number of hydrogen-bond acceptors (Lipinski definition) is 2. The van der Waals surface area contributed by atoms with Crippen molar-refractivity contribution in [3.8, 4) is 0 Å². The monoisotopic (exact) mass is 299 g/mol. The maximum atomic E-state index is 12.6. The van der Waals surface area contributed by atoms with Gasteiger partial charge in [-0.15, -0.1) is 0 Å². The van der Waals surface area contributed by atoms with Gasteiger partial charge in [0.05, 0.1) is 11.1 Å². The summed E-state index contributed by atoms with van der Waals surface area (Å²) in [5, 5.41) is 3.15. The highest BCUT2D eigenvalue weighted by molar-refractivity contribution is 5.83. The van der Waals surface area contributed by atoms with Gasteiger partial charge >= 0.3 is 6.18 Å². The predicted molar refractivity (Wildman–Crippen MR) is 74.8 cm³/mol. The highest BCUT2D eigenvalue weighted by atomic mass is 19.4. The molecule has 2 nitrogen and oxygen atoms in total. The molecule has 0 aliphatic heterocycles. The molecule has 0 spiro atoms. The van der Waals surface area contributed by atoms with E-state index in [0.29, 0.717) is 6.42 Å². The minimum absolute atomic E-state index is 0.187. The van der Waals surface area contributed by atoms with Crippen molar-refractivity contribution in [2.24, 2.45) is 5.92 Å². The second-order valence-corrected chi connectivity index (χ2v) is 5.79. The molecule has 1 N–H and O–H groups in total. The molecule has 1 aromatic carbocycles. The molecule has 0 heterocycles. The number of carbonyl (C=O) groups is 1. The van der Waals surface area contributed by atoms with Crippen LogP contribution in [0.5, 0.6) is 0 Å². The van der Waals surface area contributed by atoms with Crippen LogP contribution < -0.4 is 5.32 Å². The van der Waals surface area contributed by atoms with Crippen LogP contribution in [0.4, 0.5) is 13.2 Å². The highest BCUT2D eigenvalue weighted by Gasteiger charge is 2.40. The Morgan fingerprint density at radius 2 is 1.67 bits per heavy atom. The minimum Gasteiger partial charge on any atom is -0.310 e. The topological polar surface area (TPSA) is 29.1 Å². The number of benzene rings is 1. The Hall–Kier alpha value is -1.36. The van der Waals surface area contributed by atoms with Gasteiger partial charge in [0.15, 0.2) is 0 Å². The van der Waals surface area contributed by atoms with Crippen molar-refractivity contribution in [2.75, 3.05) is 7.05 Å². The summed E-state index contributed by atoms with van der Waals surface area (Å²) in [4.78, 5) is 12.2. The Kier molecular flexibility index (Phi) is 4.42. The van der Waals surface area contributed by atoms with Gasteiger partial charge in [0.2, 0.25) is 0 Å². The Bertz CT molecular complexity index is 509. The Labute approximate surface area is 122 Å². The van der Waals surface area contributed by atoms with E-state index in [-0.39, 0.29) is 11.7 Å². The number of hydrogen-bond donors (Lipinski definition) is 1.